The fourth-order valence-electron chi connectivity index (χ4n) is 1.19. The summed E-state index contributed by atoms with van der Waals surface area (Å²) < 4.78 is 11.5. The average molecular weight is 230 g/mol. The summed E-state index contributed by atoms with van der Waals surface area (Å²) in [6.07, 6.45) is 6.37. The van der Waals surface area contributed by atoms with Crippen LogP contribution in [0.4, 0.5) is 0 Å². The molecular weight excluding hydrogens is 204 g/mol. The highest BCUT2D eigenvalue weighted by Gasteiger charge is 2.12. The standard InChI is InChI=1S/C12H26O2Si/c1-6-7-8-9-10-15(13-11(2)3)14-12(4)5/h9-12,15H,6-8H2,1-5H3. The van der Waals surface area contributed by atoms with E-state index in [-0.39, 0.29) is 12.2 Å². The lowest BCUT2D eigenvalue weighted by atomic mass is 10.2. The second kappa shape index (κ2) is 9.13. The molecule has 0 radical (unpaired) electrons. The third-order valence-corrected chi connectivity index (χ3v) is 4.04. The van der Waals surface area contributed by atoms with Crippen LogP contribution in [0.25, 0.3) is 0 Å². The monoisotopic (exact) mass is 230 g/mol. The molecule has 0 aromatic heterocycles. The highest BCUT2D eigenvalue weighted by molar-refractivity contribution is 6.50. The lowest BCUT2D eigenvalue weighted by molar-refractivity contribution is 0.138. The van der Waals surface area contributed by atoms with Crippen LogP contribution in [0.15, 0.2) is 11.8 Å². The minimum atomic E-state index is -1.57. The van der Waals surface area contributed by atoms with Crippen molar-refractivity contribution in [1.82, 2.24) is 0 Å². The Kier molecular flexibility index (Phi) is 9.05. The van der Waals surface area contributed by atoms with E-state index in [1.807, 2.05) is 0 Å². The molecule has 0 amide bonds. The van der Waals surface area contributed by atoms with Crippen LogP contribution < -0.4 is 0 Å². The van der Waals surface area contributed by atoms with E-state index in [0.29, 0.717) is 0 Å². The van der Waals surface area contributed by atoms with Crippen molar-refractivity contribution in [1.29, 1.82) is 0 Å². The summed E-state index contributed by atoms with van der Waals surface area (Å²) in [5.41, 5.74) is 2.16. The normalized spacial score (nSPS) is 12.5. The molecule has 2 nitrogen and oxygen atoms in total. The first-order valence-electron chi connectivity index (χ1n) is 6.03. The van der Waals surface area contributed by atoms with Crippen molar-refractivity contribution in [3.05, 3.63) is 11.8 Å². The average Bonchev–Trinajstić information content (AvgIpc) is 2.10. The first-order chi connectivity index (χ1) is 7.06. The molecular formula is C12H26O2Si. The molecule has 0 heterocycles. The zero-order valence-electron chi connectivity index (χ0n) is 10.8. The van der Waals surface area contributed by atoms with Gasteiger partial charge < -0.3 is 8.85 Å². The van der Waals surface area contributed by atoms with Crippen molar-refractivity contribution >= 4 is 9.28 Å². The van der Waals surface area contributed by atoms with Crippen LogP contribution in [-0.4, -0.2) is 21.5 Å². The SMILES string of the molecule is CCCCC=C[SiH](OC(C)C)OC(C)C. The quantitative estimate of drug-likeness (QED) is 0.470. The Morgan fingerprint density at radius 3 is 2.00 bits per heavy atom. The van der Waals surface area contributed by atoms with Crippen LogP contribution in [0.2, 0.25) is 0 Å². The third kappa shape index (κ3) is 10.2. The zero-order valence-corrected chi connectivity index (χ0v) is 12.0. The number of rotatable bonds is 8. The third-order valence-electron chi connectivity index (χ3n) is 1.83. The van der Waals surface area contributed by atoms with Crippen LogP contribution in [-0.2, 0) is 8.85 Å². The van der Waals surface area contributed by atoms with E-state index < -0.39 is 9.28 Å². The minimum Gasteiger partial charge on any atom is -0.391 e. The van der Waals surface area contributed by atoms with E-state index in [0.717, 1.165) is 6.42 Å². The van der Waals surface area contributed by atoms with Crippen molar-refractivity contribution in [2.24, 2.45) is 0 Å². The molecule has 0 aromatic carbocycles. The number of hydrogen-bond donors (Lipinski definition) is 0. The van der Waals surface area contributed by atoms with Crippen LogP contribution in [0.1, 0.15) is 53.9 Å². The maximum absolute atomic E-state index is 5.77. The smallest absolute Gasteiger partial charge is 0.348 e. The second-order valence-electron chi connectivity index (χ2n) is 4.31. The van der Waals surface area contributed by atoms with Crippen LogP contribution in [0.3, 0.4) is 0 Å². The lowest BCUT2D eigenvalue weighted by Crippen LogP contribution is -2.27. The zero-order chi connectivity index (χ0) is 11.7. The highest BCUT2D eigenvalue weighted by Crippen LogP contribution is 2.03. The molecule has 0 saturated carbocycles. The van der Waals surface area contributed by atoms with Gasteiger partial charge in [-0.15, -0.1) is 0 Å². The van der Waals surface area contributed by atoms with Gasteiger partial charge in [-0.1, -0.05) is 25.8 Å². The van der Waals surface area contributed by atoms with Crippen molar-refractivity contribution < 1.29 is 8.85 Å². The second-order valence-corrected chi connectivity index (χ2v) is 5.97. The Morgan fingerprint density at radius 1 is 1.07 bits per heavy atom. The van der Waals surface area contributed by atoms with Crippen molar-refractivity contribution in [3.8, 4) is 0 Å². The van der Waals surface area contributed by atoms with Crippen LogP contribution in [0.5, 0.6) is 0 Å². The van der Waals surface area contributed by atoms with Gasteiger partial charge in [-0.05, 0) is 39.8 Å². The predicted molar refractivity (Wildman–Crippen MR) is 68.3 cm³/mol. The number of allylic oxidation sites excluding steroid dienone is 1. The van der Waals surface area contributed by atoms with Crippen molar-refractivity contribution in [2.45, 2.75) is 66.1 Å². The fourth-order valence-corrected chi connectivity index (χ4v) is 2.92. The first kappa shape index (κ1) is 14.9. The molecule has 0 aliphatic rings. The molecule has 0 atom stereocenters. The number of unbranched alkanes of at least 4 members (excludes halogenated alkanes) is 2. The molecule has 0 rings (SSSR count). The molecule has 0 spiro atoms. The fraction of sp³-hybridized carbons (Fsp3) is 0.833. The van der Waals surface area contributed by atoms with Gasteiger partial charge in [0.05, 0.1) is 0 Å². The molecule has 3 heteroatoms. The Labute approximate surface area is 96.5 Å². The van der Waals surface area contributed by atoms with Crippen LogP contribution in [0, 0.1) is 0 Å². The Balaban J connectivity index is 3.93. The Hall–Kier alpha value is -0.123. The van der Waals surface area contributed by atoms with Crippen molar-refractivity contribution in [2.75, 3.05) is 0 Å². The van der Waals surface area contributed by atoms with Gasteiger partial charge in [0, 0.05) is 12.2 Å². The number of hydrogen-bond acceptors (Lipinski definition) is 2. The molecule has 0 aliphatic carbocycles. The van der Waals surface area contributed by atoms with Gasteiger partial charge in [0.1, 0.15) is 0 Å². The van der Waals surface area contributed by atoms with E-state index in [4.69, 9.17) is 8.85 Å². The summed E-state index contributed by atoms with van der Waals surface area (Å²) in [5.74, 6) is 0. The van der Waals surface area contributed by atoms with E-state index >= 15 is 0 Å². The largest absolute Gasteiger partial charge is 0.391 e. The van der Waals surface area contributed by atoms with Gasteiger partial charge in [-0.3, -0.25) is 0 Å². The van der Waals surface area contributed by atoms with E-state index in [9.17, 15) is 0 Å². The molecule has 0 unspecified atom stereocenters. The maximum Gasteiger partial charge on any atom is 0.348 e. The van der Waals surface area contributed by atoms with E-state index in [1.54, 1.807) is 0 Å². The molecule has 0 bridgehead atoms. The summed E-state index contributed by atoms with van der Waals surface area (Å²) >= 11 is 0. The van der Waals surface area contributed by atoms with Gasteiger partial charge in [-0.25, -0.2) is 0 Å². The Bertz CT molecular complexity index is 157. The summed E-state index contributed by atoms with van der Waals surface area (Å²) in [7, 11) is -1.57. The van der Waals surface area contributed by atoms with Gasteiger partial charge in [-0.2, -0.15) is 0 Å². The van der Waals surface area contributed by atoms with Gasteiger partial charge in [0.15, 0.2) is 0 Å². The maximum atomic E-state index is 5.77. The molecule has 0 aromatic rings. The first-order valence-corrected chi connectivity index (χ1v) is 7.64. The summed E-state index contributed by atoms with van der Waals surface area (Å²) in [4.78, 5) is 0. The predicted octanol–water partition coefficient (Wildman–Crippen LogP) is 3.34. The topological polar surface area (TPSA) is 18.5 Å². The molecule has 0 N–H and O–H groups in total. The van der Waals surface area contributed by atoms with Crippen molar-refractivity contribution in [3.63, 3.8) is 0 Å². The molecule has 15 heavy (non-hydrogen) atoms. The highest BCUT2D eigenvalue weighted by atomic mass is 28.3. The van der Waals surface area contributed by atoms with Gasteiger partial charge >= 0.3 is 9.28 Å². The van der Waals surface area contributed by atoms with E-state index in [2.05, 4.69) is 46.4 Å². The summed E-state index contributed by atoms with van der Waals surface area (Å²) in [6, 6.07) is 0. The molecule has 0 fully saturated rings. The van der Waals surface area contributed by atoms with E-state index in [1.165, 1.54) is 12.8 Å². The van der Waals surface area contributed by atoms with Gasteiger partial charge in [0.2, 0.25) is 0 Å². The minimum absolute atomic E-state index is 0.260. The lowest BCUT2D eigenvalue weighted by Gasteiger charge is -2.18. The van der Waals surface area contributed by atoms with Gasteiger partial charge in [0.25, 0.3) is 0 Å². The molecule has 0 saturated heterocycles. The van der Waals surface area contributed by atoms with Crippen LogP contribution >= 0.6 is 0 Å². The Morgan fingerprint density at radius 2 is 1.60 bits per heavy atom. The molecule has 0 aliphatic heterocycles. The molecule has 90 valence electrons. The summed E-state index contributed by atoms with van der Waals surface area (Å²) in [5, 5.41) is 0. The summed E-state index contributed by atoms with van der Waals surface area (Å²) in [6.45, 7) is 10.4.